The van der Waals surface area contributed by atoms with Gasteiger partial charge in [-0.15, -0.1) is 11.3 Å². The van der Waals surface area contributed by atoms with Crippen molar-refractivity contribution >= 4 is 28.3 Å². The minimum absolute atomic E-state index is 0.171. The van der Waals surface area contributed by atoms with Gasteiger partial charge in [-0.05, 0) is 30.0 Å². The summed E-state index contributed by atoms with van der Waals surface area (Å²) < 4.78 is 0. The first kappa shape index (κ1) is 18.4. The monoisotopic (exact) mass is 374 g/mol. The molecule has 3 amide bonds. The SMILES string of the molecule is NC(=O)Nc1sc(-c2ccc(CN3CCC(O)CC3)cc2)cc1C(N)=O. The zero-order valence-corrected chi connectivity index (χ0v) is 15.1. The normalized spacial score (nSPS) is 15.7. The largest absolute Gasteiger partial charge is 0.393 e. The summed E-state index contributed by atoms with van der Waals surface area (Å²) in [4.78, 5) is 25.8. The van der Waals surface area contributed by atoms with Crippen molar-refractivity contribution in [2.75, 3.05) is 18.4 Å². The molecule has 0 saturated carbocycles. The van der Waals surface area contributed by atoms with Crippen LogP contribution in [-0.2, 0) is 6.54 Å². The standard InChI is InChI=1S/C18H22N4O3S/c19-16(24)14-9-15(26-17(14)21-18(20)25)12-3-1-11(2-4-12)10-22-7-5-13(23)6-8-22/h1-4,9,13,23H,5-8,10H2,(H2,19,24)(H3,20,21,25). The van der Waals surface area contributed by atoms with Crippen molar-refractivity contribution in [1.82, 2.24) is 4.90 Å². The summed E-state index contributed by atoms with van der Waals surface area (Å²) in [6, 6.07) is 9.00. The smallest absolute Gasteiger partial charge is 0.317 e. The highest BCUT2D eigenvalue weighted by molar-refractivity contribution is 7.20. The molecule has 0 radical (unpaired) electrons. The maximum absolute atomic E-state index is 11.6. The molecule has 0 spiro atoms. The van der Waals surface area contributed by atoms with Gasteiger partial charge >= 0.3 is 6.03 Å². The van der Waals surface area contributed by atoms with Crippen LogP contribution in [0.5, 0.6) is 0 Å². The molecule has 138 valence electrons. The Morgan fingerprint density at radius 2 is 1.85 bits per heavy atom. The molecule has 26 heavy (non-hydrogen) atoms. The van der Waals surface area contributed by atoms with Crippen LogP contribution in [0.1, 0.15) is 28.8 Å². The fraction of sp³-hybridized carbons (Fsp3) is 0.333. The van der Waals surface area contributed by atoms with Crippen molar-refractivity contribution in [2.24, 2.45) is 11.5 Å². The van der Waals surface area contributed by atoms with Crippen molar-refractivity contribution in [3.05, 3.63) is 41.5 Å². The van der Waals surface area contributed by atoms with Crippen LogP contribution >= 0.6 is 11.3 Å². The molecule has 0 bridgehead atoms. The lowest BCUT2D eigenvalue weighted by molar-refractivity contribution is 0.0792. The van der Waals surface area contributed by atoms with Gasteiger partial charge in [-0.3, -0.25) is 15.0 Å². The second kappa shape index (κ2) is 7.86. The van der Waals surface area contributed by atoms with E-state index in [1.165, 1.54) is 16.9 Å². The Morgan fingerprint density at radius 1 is 1.19 bits per heavy atom. The van der Waals surface area contributed by atoms with E-state index < -0.39 is 11.9 Å². The molecule has 1 aromatic carbocycles. The number of urea groups is 1. The number of benzene rings is 1. The topological polar surface area (TPSA) is 122 Å². The van der Waals surface area contributed by atoms with Crippen LogP contribution in [-0.4, -0.2) is 41.1 Å². The molecular formula is C18H22N4O3S. The van der Waals surface area contributed by atoms with Gasteiger partial charge in [0.2, 0.25) is 0 Å². The summed E-state index contributed by atoms with van der Waals surface area (Å²) in [5.74, 6) is -0.611. The number of nitrogens with two attached hydrogens (primary N) is 2. The fourth-order valence-corrected chi connectivity index (χ4v) is 4.10. The summed E-state index contributed by atoms with van der Waals surface area (Å²) in [7, 11) is 0. The van der Waals surface area contributed by atoms with E-state index in [0.29, 0.717) is 5.00 Å². The summed E-state index contributed by atoms with van der Waals surface area (Å²) in [5, 5.41) is 12.4. The Labute approximate surface area is 155 Å². The Bertz CT molecular complexity index is 795. The zero-order valence-electron chi connectivity index (χ0n) is 14.3. The van der Waals surface area contributed by atoms with Gasteiger partial charge in [-0.25, -0.2) is 4.79 Å². The molecule has 1 aromatic heterocycles. The van der Waals surface area contributed by atoms with E-state index >= 15 is 0 Å². The number of thiophene rings is 1. The number of aliphatic hydroxyl groups is 1. The molecular weight excluding hydrogens is 352 g/mol. The van der Waals surface area contributed by atoms with Gasteiger partial charge in [-0.1, -0.05) is 24.3 Å². The number of rotatable bonds is 5. The average Bonchev–Trinajstić information content (AvgIpc) is 3.01. The molecule has 0 aliphatic carbocycles. The Hall–Kier alpha value is -2.42. The molecule has 6 N–H and O–H groups in total. The summed E-state index contributed by atoms with van der Waals surface area (Å²) in [5.41, 5.74) is 12.9. The highest BCUT2D eigenvalue weighted by Gasteiger charge is 2.18. The van der Waals surface area contributed by atoms with Crippen molar-refractivity contribution in [1.29, 1.82) is 0 Å². The fourth-order valence-electron chi connectivity index (χ4n) is 3.03. The van der Waals surface area contributed by atoms with Crippen molar-refractivity contribution in [2.45, 2.75) is 25.5 Å². The van der Waals surface area contributed by atoms with Crippen LogP contribution in [0.25, 0.3) is 10.4 Å². The third kappa shape index (κ3) is 4.40. The summed E-state index contributed by atoms with van der Waals surface area (Å²) >= 11 is 1.26. The van der Waals surface area contributed by atoms with E-state index in [1.54, 1.807) is 6.07 Å². The quantitative estimate of drug-likeness (QED) is 0.639. The van der Waals surface area contributed by atoms with Crippen LogP contribution in [0.2, 0.25) is 0 Å². The Kier molecular flexibility index (Phi) is 5.55. The first-order chi connectivity index (χ1) is 12.4. The van der Waals surface area contributed by atoms with Gasteiger partial charge in [0.25, 0.3) is 5.91 Å². The highest BCUT2D eigenvalue weighted by Crippen LogP contribution is 2.35. The first-order valence-corrected chi connectivity index (χ1v) is 9.24. The molecule has 0 atom stereocenters. The lowest BCUT2D eigenvalue weighted by atomic mass is 10.1. The van der Waals surface area contributed by atoms with Crippen LogP contribution in [0.4, 0.5) is 9.80 Å². The summed E-state index contributed by atoms with van der Waals surface area (Å²) in [6.07, 6.45) is 1.47. The minimum Gasteiger partial charge on any atom is -0.393 e. The first-order valence-electron chi connectivity index (χ1n) is 8.42. The van der Waals surface area contributed by atoms with Crippen molar-refractivity contribution in [3.8, 4) is 10.4 Å². The maximum atomic E-state index is 11.6. The Balaban J connectivity index is 1.74. The molecule has 0 unspecified atom stereocenters. The molecule has 1 fully saturated rings. The number of carbonyl (C=O) groups is 2. The summed E-state index contributed by atoms with van der Waals surface area (Å²) in [6.45, 7) is 2.65. The number of carbonyl (C=O) groups excluding carboxylic acids is 2. The second-order valence-corrected chi connectivity index (χ2v) is 7.46. The predicted molar refractivity (Wildman–Crippen MR) is 102 cm³/mol. The second-order valence-electron chi connectivity index (χ2n) is 6.41. The highest BCUT2D eigenvalue weighted by atomic mass is 32.1. The molecule has 1 aliphatic heterocycles. The molecule has 7 nitrogen and oxygen atoms in total. The lowest BCUT2D eigenvalue weighted by Gasteiger charge is -2.29. The third-order valence-corrected chi connectivity index (χ3v) is 5.54. The minimum atomic E-state index is -0.733. The third-order valence-electron chi connectivity index (χ3n) is 4.44. The number of amides is 3. The number of nitrogens with one attached hydrogen (secondary N) is 1. The molecule has 3 rings (SSSR count). The molecule has 1 aliphatic rings. The zero-order chi connectivity index (χ0) is 18.7. The molecule has 2 aromatic rings. The van der Waals surface area contributed by atoms with Gasteiger partial charge in [0, 0.05) is 24.5 Å². The number of likely N-dealkylation sites (tertiary alicyclic amines) is 1. The number of aliphatic hydroxyl groups excluding tert-OH is 1. The van der Waals surface area contributed by atoms with Crippen LogP contribution in [0.15, 0.2) is 30.3 Å². The maximum Gasteiger partial charge on any atom is 0.317 e. The van der Waals surface area contributed by atoms with Crippen molar-refractivity contribution < 1.29 is 14.7 Å². The molecule has 1 saturated heterocycles. The lowest BCUT2D eigenvalue weighted by Crippen LogP contribution is -2.35. The Morgan fingerprint density at radius 3 is 2.42 bits per heavy atom. The van der Waals surface area contributed by atoms with E-state index in [4.69, 9.17) is 11.5 Å². The molecule has 8 heteroatoms. The van der Waals surface area contributed by atoms with Gasteiger partial charge in [0.1, 0.15) is 5.00 Å². The molecule has 2 heterocycles. The van der Waals surface area contributed by atoms with Gasteiger partial charge in [0.15, 0.2) is 0 Å². The van der Waals surface area contributed by atoms with E-state index in [2.05, 4.69) is 10.2 Å². The van der Waals surface area contributed by atoms with Crippen LogP contribution < -0.4 is 16.8 Å². The van der Waals surface area contributed by atoms with Gasteiger partial charge in [0.05, 0.1) is 11.7 Å². The van der Waals surface area contributed by atoms with Gasteiger partial charge in [-0.2, -0.15) is 0 Å². The van der Waals surface area contributed by atoms with E-state index in [-0.39, 0.29) is 11.7 Å². The van der Waals surface area contributed by atoms with E-state index in [1.807, 2.05) is 24.3 Å². The van der Waals surface area contributed by atoms with Crippen LogP contribution in [0.3, 0.4) is 0 Å². The number of hydrogen-bond acceptors (Lipinski definition) is 5. The average molecular weight is 374 g/mol. The predicted octanol–water partition coefficient (Wildman–Crippen LogP) is 1.96. The number of nitrogens with zero attached hydrogens (tertiary/aromatic N) is 1. The number of piperidine rings is 1. The van der Waals surface area contributed by atoms with Crippen molar-refractivity contribution in [3.63, 3.8) is 0 Å². The van der Waals surface area contributed by atoms with E-state index in [9.17, 15) is 14.7 Å². The number of anilines is 1. The van der Waals surface area contributed by atoms with E-state index in [0.717, 1.165) is 42.9 Å². The number of primary amides is 2. The van der Waals surface area contributed by atoms with Gasteiger partial charge < -0.3 is 16.6 Å². The van der Waals surface area contributed by atoms with Crippen LogP contribution in [0, 0.1) is 0 Å². The number of hydrogen-bond donors (Lipinski definition) is 4.